The first-order valence-electron chi connectivity index (χ1n) is 13.6. The van der Waals surface area contributed by atoms with Crippen molar-refractivity contribution in [3.8, 4) is 0 Å². The Balaban J connectivity index is 0.000000696. The number of amides is 1. The maximum atomic E-state index is 13.3. The van der Waals surface area contributed by atoms with Gasteiger partial charge in [-0.2, -0.15) is 0 Å². The average molecular weight is 527 g/mol. The quantitative estimate of drug-likeness (QED) is 0.462. The van der Waals surface area contributed by atoms with Crippen molar-refractivity contribution in [2.24, 2.45) is 0 Å². The number of carbonyl (C=O) groups excluding carboxylic acids is 2. The van der Waals surface area contributed by atoms with Crippen molar-refractivity contribution in [3.05, 3.63) is 65.2 Å². The molecule has 2 atom stereocenters. The molecule has 2 aromatic rings. The largest absolute Gasteiger partial charge is 0.462 e. The molecule has 2 unspecified atom stereocenters. The van der Waals surface area contributed by atoms with Crippen LogP contribution in [0.2, 0.25) is 0 Å². The lowest BCUT2D eigenvalue weighted by Gasteiger charge is -2.29. The standard InChI is InChI=1S/C24H34N4O.C5H10O2.C2H6/c1-18-6-8-19(9-7-18)15-17-28-23(20-10-12-21(13-11-20)26(3)4)27(5)22(24(28)29)14-16-25-2;1-5(2,3)7-4-6;1-2/h6-13,22-23,25H,14-17H2,1-5H3;4H,1-3H3;1-2H3. The van der Waals surface area contributed by atoms with Gasteiger partial charge in [0.2, 0.25) is 5.91 Å². The molecule has 7 nitrogen and oxygen atoms in total. The average Bonchev–Trinajstić information content (AvgIpc) is 3.11. The first-order valence-corrected chi connectivity index (χ1v) is 13.6. The van der Waals surface area contributed by atoms with Gasteiger partial charge in [0.05, 0.1) is 6.04 Å². The molecule has 7 heteroatoms. The normalized spacial score (nSPS) is 17.2. The number of aryl methyl sites for hydroxylation is 1. The van der Waals surface area contributed by atoms with Crippen molar-refractivity contribution >= 4 is 18.1 Å². The monoisotopic (exact) mass is 526 g/mol. The van der Waals surface area contributed by atoms with Crippen LogP contribution in [-0.2, 0) is 20.7 Å². The molecule has 1 amide bonds. The van der Waals surface area contributed by atoms with E-state index in [2.05, 4.69) is 87.3 Å². The Morgan fingerprint density at radius 2 is 1.61 bits per heavy atom. The van der Waals surface area contributed by atoms with Gasteiger partial charge in [0.15, 0.2) is 0 Å². The minimum atomic E-state index is -0.318. The lowest BCUT2D eigenvalue weighted by Crippen LogP contribution is -2.34. The third-order valence-corrected chi connectivity index (χ3v) is 6.28. The number of rotatable bonds is 9. The zero-order valence-electron chi connectivity index (χ0n) is 25.2. The van der Waals surface area contributed by atoms with Gasteiger partial charge in [-0.1, -0.05) is 55.8 Å². The highest BCUT2D eigenvalue weighted by Crippen LogP contribution is 2.35. The fraction of sp³-hybridized carbons (Fsp3) is 0.548. The van der Waals surface area contributed by atoms with Crippen molar-refractivity contribution in [2.45, 2.75) is 72.2 Å². The van der Waals surface area contributed by atoms with Crippen LogP contribution in [0.5, 0.6) is 0 Å². The van der Waals surface area contributed by atoms with Crippen LogP contribution in [0.15, 0.2) is 48.5 Å². The molecular formula is C31H50N4O3. The second kappa shape index (κ2) is 16.1. The number of hydrogen-bond acceptors (Lipinski definition) is 6. The summed E-state index contributed by atoms with van der Waals surface area (Å²) in [6.45, 7) is 13.6. The molecule has 3 rings (SSSR count). The Hall–Kier alpha value is -2.90. The lowest BCUT2D eigenvalue weighted by atomic mass is 10.1. The number of hydrogen-bond donors (Lipinski definition) is 1. The van der Waals surface area contributed by atoms with Gasteiger partial charge in [0, 0.05) is 26.3 Å². The lowest BCUT2D eigenvalue weighted by molar-refractivity contribution is -0.138. The van der Waals surface area contributed by atoms with E-state index in [1.165, 1.54) is 22.4 Å². The number of likely N-dealkylation sites (N-methyl/N-ethyl adjacent to an activating group) is 1. The maximum absolute atomic E-state index is 13.3. The Kier molecular flexibility index (Phi) is 14.1. The molecule has 1 heterocycles. The van der Waals surface area contributed by atoms with E-state index in [0.717, 1.165) is 25.9 Å². The van der Waals surface area contributed by atoms with Gasteiger partial charge < -0.3 is 19.9 Å². The van der Waals surface area contributed by atoms with E-state index in [1.54, 1.807) is 0 Å². The van der Waals surface area contributed by atoms with E-state index in [9.17, 15) is 9.59 Å². The predicted molar refractivity (Wildman–Crippen MR) is 158 cm³/mol. The third-order valence-electron chi connectivity index (χ3n) is 6.28. The molecule has 1 aliphatic rings. The van der Waals surface area contributed by atoms with Crippen LogP contribution in [0.3, 0.4) is 0 Å². The zero-order chi connectivity index (χ0) is 28.9. The van der Waals surface area contributed by atoms with Crippen LogP contribution in [0.1, 0.15) is 63.9 Å². The minimum Gasteiger partial charge on any atom is -0.462 e. The molecule has 1 saturated heterocycles. The molecule has 1 fully saturated rings. The summed E-state index contributed by atoms with van der Waals surface area (Å²) in [7, 11) is 8.10. The van der Waals surface area contributed by atoms with Crippen molar-refractivity contribution in [3.63, 3.8) is 0 Å². The molecule has 0 aliphatic carbocycles. The second-order valence-corrected chi connectivity index (χ2v) is 10.5. The Morgan fingerprint density at radius 3 is 2.05 bits per heavy atom. The van der Waals surface area contributed by atoms with Crippen molar-refractivity contribution in [1.29, 1.82) is 0 Å². The van der Waals surface area contributed by atoms with Gasteiger partial charge in [-0.05, 0) is 84.4 Å². The fourth-order valence-corrected chi connectivity index (χ4v) is 4.23. The summed E-state index contributed by atoms with van der Waals surface area (Å²) >= 11 is 0. The molecule has 212 valence electrons. The van der Waals surface area contributed by atoms with E-state index in [4.69, 9.17) is 0 Å². The van der Waals surface area contributed by atoms with E-state index in [0.29, 0.717) is 6.47 Å². The van der Waals surface area contributed by atoms with Crippen molar-refractivity contribution < 1.29 is 14.3 Å². The summed E-state index contributed by atoms with van der Waals surface area (Å²) in [4.78, 5) is 29.3. The van der Waals surface area contributed by atoms with Crippen LogP contribution in [-0.4, -0.2) is 75.1 Å². The second-order valence-electron chi connectivity index (χ2n) is 10.5. The summed E-state index contributed by atoms with van der Waals surface area (Å²) < 4.78 is 4.55. The van der Waals surface area contributed by atoms with Crippen LogP contribution >= 0.6 is 0 Å². The maximum Gasteiger partial charge on any atom is 0.293 e. The van der Waals surface area contributed by atoms with E-state index >= 15 is 0 Å². The van der Waals surface area contributed by atoms with Gasteiger partial charge in [0.1, 0.15) is 11.8 Å². The first kappa shape index (κ1) is 33.1. The van der Waals surface area contributed by atoms with Crippen LogP contribution < -0.4 is 10.2 Å². The summed E-state index contributed by atoms with van der Waals surface area (Å²) in [6, 6.07) is 17.1. The van der Waals surface area contributed by atoms with Crippen LogP contribution in [0.4, 0.5) is 5.69 Å². The summed E-state index contributed by atoms with van der Waals surface area (Å²) in [6.07, 6.45) is 1.66. The number of benzene rings is 2. The van der Waals surface area contributed by atoms with Gasteiger partial charge in [-0.3, -0.25) is 14.5 Å². The Labute approximate surface area is 231 Å². The molecule has 1 N–H and O–H groups in total. The highest BCUT2D eigenvalue weighted by atomic mass is 16.5. The number of nitrogens with one attached hydrogen (secondary N) is 1. The molecule has 0 radical (unpaired) electrons. The summed E-state index contributed by atoms with van der Waals surface area (Å²) in [5, 5.41) is 3.19. The highest BCUT2D eigenvalue weighted by Gasteiger charge is 2.43. The molecular weight excluding hydrogens is 476 g/mol. The summed E-state index contributed by atoms with van der Waals surface area (Å²) in [5.74, 6) is 0.233. The minimum absolute atomic E-state index is 0.0222. The number of anilines is 1. The fourth-order valence-electron chi connectivity index (χ4n) is 4.23. The molecule has 0 bridgehead atoms. The predicted octanol–water partition coefficient (Wildman–Crippen LogP) is 5.04. The van der Waals surface area contributed by atoms with Crippen LogP contribution in [0.25, 0.3) is 0 Å². The van der Waals surface area contributed by atoms with Crippen LogP contribution in [0, 0.1) is 6.92 Å². The third kappa shape index (κ3) is 10.1. The van der Waals surface area contributed by atoms with Crippen molar-refractivity contribution in [1.82, 2.24) is 15.1 Å². The first-order chi connectivity index (χ1) is 18.0. The van der Waals surface area contributed by atoms with Crippen molar-refractivity contribution in [2.75, 3.05) is 46.2 Å². The summed E-state index contributed by atoms with van der Waals surface area (Å²) in [5.41, 5.74) is 4.55. The van der Waals surface area contributed by atoms with Gasteiger partial charge in [-0.15, -0.1) is 0 Å². The topological polar surface area (TPSA) is 65.1 Å². The van der Waals surface area contributed by atoms with Gasteiger partial charge >= 0.3 is 0 Å². The Morgan fingerprint density at radius 1 is 1.03 bits per heavy atom. The number of nitrogens with zero attached hydrogens (tertiary/aromatic N) is 3. The SMILES string of the molecule is CC.CC(C)(C)OC=O.CNCCC1C(=O)N(CCc2ccc(C)cc2)C(c2ccc(N(C)C)cc2)N1C. The molecule has 0 aromatic heterocycles. The van der Waals surface area contributed by atoms with Gasteiger partial charge in [-0.25, -0.2) is 0 Å². The molecule has 0 spiro atoms. The molecule has 0 saturated carbocycles. The number of carbonyl (C=O) groups is 2. The number of ether oxygens (including phenoxy) is 1. The zero-order valence-corrected chi connectivity index (χ0v) is 25.2. The van der Waals surface area contributed by atoms with E-state index in [1.807, 2.05) is 55.8 Å². The highest BCUT2D eigenvalue weighted by molar-refractivity contribution is 5.84. The molecule has 1 aliphatic heterocycles. The van der Waals surface area contributed by atoms with E-state index in [-0.39, 0.29) is 23.7 Å². The Bertz CT molecular complexity index is 953. The smallest absolute Gasteiger partial charge is 0.293 e. The molecule has 2 aromatic carbocycles. The molecule has 38 heavy (non-hydrogen) atoms. The van der Waals surface area contributed by atoms with Gasteiger partial charge in [0.25, 0.3) is 6.47 Å². The van der Waals surface area contributed by atoms with E-state index < -0.39 is 0 Å².